The van der Waals surface area contributed by atoms with Gasteiger partial charge in [0.15, 0.2) is 17.2 Å². The highest BCUT2D eigenvalue weighted by molar-refractivity contribution is 5.88. The highest BCUT2D eigenvalue weighted by Gasteiger charge is 2.34. The van der Waals surface area contributed by atoms with E-state index in [1.807, 2.05) is 49.4 Å². The van der Waals surface area contributed by atoms with Crippen LogP contribution in [0.3, 0.4) is 0 Å². The monoisotopic (exact) mass is 516 g/mol. The minimum absolute atomic E-state index is 0.150. The first-order valence-electron chi connectivity index (χ1n) is 12.3. The first-order valence-corrected chi connectivity index (χ1v) is 12.3. The number of fused-ring (bicyclic) bond motifs is 1. The van der Waals surface area contributed by atoms with E-state index >= 15 is 0 Å². The van der Waals surface area contributed by atoms with Gasteiger partial charge in [-0.05, 0) is 36.1 Å². The second-order valence-electron chi connectivity index (χ2n) is 9.56. The summed E-state index contributed by atoms with van der Waals surface area (Å²) in [4.78, 5) is 17.9. The van der Waals surface area contributed by atoms with E-state index in [9.17, 15) is 13.2 Å². The standard InChI is InChI=1S/C29H27F3N6/c1-17(2)21-8-5-6-9-22(21)26-36-25-23(10-7-15-33-25)27(37-26)34-18(3)19-11-13-20(14-12-19)28-35-24(16-38(28)4)29(30,31)32/h5-18H,1-4H3,(H,33,34,36,37). The van der Waals surface area contributed by atoms with Gasteiger partial charge in [-0.25, -0.2) is 19.9 Å². The van der Waals surface area contributed by atoms with Crippen LogP contribution < -0.4 is 5.32 Å². The summed E-state index contributed by atoms with van der Waals surface area (Å²) in [6.45, 7) is 6.28. The van der Waals surface area contributed by atoms with Crippen LogP contribution in [0, 0.1) is 0 Å². The molecular formula is C29H27F3N6. The van der Waals surface area contributed by atoms with E-state index in [1.54, 1.807) is 25.4 Å². The fraction of sp³-hybridized carbons (Fsp3) is 0.241. The van der Waals surface area contributed by atoms with Gasteiger partial charge >= 0.3 is 6.18 Å². The number of hydrogen-bond donors (Lipinski definition) is 1. The van der Waals surface area contributed by atoms with Gasteiger partial charge in [0.25, 0.3) is 0 Å². The van der Waals surface area contributed by atoms with E-state index in [4.69, 9.17) is 9.97 Å². The maximum atomic E-state index is 13.1. The van der Waals surface area contributed by atoms with Crippen LogP contribution in [0.15, 0.2) is 73.1 Å². The Morgan fingerprint density at radius 3 is 2.29 bits per heavy atom. The van der Waals surface area contributed by atoms with Crippen molar-refractivity contribution in [1.82, 2.24) is 24.5 Å². The van der Waals surface area contributed by atoms with Crippen molar-refractivity contribution >= 4 is 16.9 Å². The summed E-state index contributed by atoms with van der Waals surface area (Å²) in [5, 5.41) is 4.29. The lowest BCUT2D eigenvalue weighted by atomic mass is 9.97. The molecule has 5 aromatic rings. The molecule has 38 heavy (non-hydrogen) atoms. The van der Waals surface area contributed by atoms with Gasteiger partial charge in [0.05, 0.1) is 5.39 Å². The zero-order valence-electron chi connectivity index (χ0n) is 21.5. The Hall–Kier alpha value is -4.27. The Kier molecular flexibility index (Phi) is 6.60. The third-order valence-electron chi connectivity index (χ3n) is 6.48. The van der Waals surface area contributed by atoms with Gasteiger partial charge in [0.1, 0.15) is 11.6 Å². The van der Waals surface area contributed by atoms with Crippen molar-refractivity contribution in [3.63, 3.8) is 0 Å². The van der Waals surface area contributed by atoms with Crippen LogP contribution in [0.25, 0.3) is 33.8 Å². The number of benzene rings is 2. The SMILES string of the molecule is CC(C)c1ccccc1-c1nc(NC(C)c2ccc(-c3nc(C(F)(F)F)cn3C)cc2)c2cccnc2n1. The molecule has 0 saturated heterocycles. The second-order valence-corrected chi connectivity index (χ2v) is 9.56. The average Bonchev–Trinajstić information content (AvgIpc) is 3.31. The van der Waals surface area contributed by atoms with Gasteiger partial charge in [0.2, 0.25) is 0 Å². The first-order chi connectivity index (χ1) is 18.1. The summed E-state index contributed by atoms with van der Waals surface area (Å²) in [7, 11) is 1.55. The molecule has 0 spiro atoms. The molecule has 0 fully saturated rings. The number of pyridine rings is 1. The van der Waals surface area contributed by atoms with Crippen LogP contribution in [0.2, 0.25) is 0 Å². The van der Waals surface area contributed by atoms with Crippen molar-refractivity contribution in [2.24, 2.45) is 7.05 Å². The zero-order valence-corrected chi connectivity index (χ0v) is 21.5. The van der Waals surface area contributed by atoms with Crippen LogP contribution in [-0.4, -0.2) is 24.5 Å². The van der Waals surface area contributed by atoms with Crippen LogP contribution in [-0.2, 0) is 13.2 Å². The predicted molar refractivity (Wildman–Crippen MR) is 143 cm³/mol. The van der Waals surface area contributed by atoms with Gasteiger partial charge < -0.3 is 9.88 Å². The van der Waals surface area contributed by atoms with Crippen molar-refractivity contribution in [2.45, 2.75) is 38.9 Å². The number of alkyl halides is 3. The summed E-state index contributed by atoms with van der Waals surface area (Å²) in [6, 6.07) is 19.0. The molecule has 3 heterocycles. The molecule has 0 saturated carbocycles. The average molecular weight is 517 g/mol. The molecule has 9 heteroatoms. The van der Waals surface area contributed by atoms with Crippen LogP contribution >= 0.6 is 0 Å². The van der Waals surface area contributed by atoms with Crippen molar-refractivity contribution in [1.29, 1.82) is 0 Å². The highest BCUT2D eigenvalue weighted by atomic mass is 19.4. The molecule has 0 amide bonds. The van der Waals surface area contributed by atoms with Crippen molar-refractivity contribution in [3.8, 4) is 22.8 Å². The zero-order chi connectivity index (χ0) is 27.0. The Balaban J connectivity index is 1.47. The quantitative estimate of drug-likeness (QED) is 0.255. The summed E-state index contributed by atoms with van der Waals surface area (Å²) in [5.74, 6) is 1.81. The molecule has 1 atom stereocenters. The highest BCUT2D eigenvalue weighted by Crippen LogP contribution is 2.33. The fourth-order valence-electron chi connectivity index (χ4n) is 4.48. The van der Waals surface area contributed by atoms with Crippen molar-refractivity contribution < 1.29 is 13.2 Å². The van der Waals surface area contributed by atoms with Crippen LogP contribution in [0.4, 0.5) is 19.0 Å². The van der Waals surface area contributed by atoms with E-state index in [1.165, 1.54) is 4.57 Å². The summed E-state index contributed by atoms with van der Waals surface area (Å²) in [6.07, 6.45) is -1.78. The topological polar surface area (TPSA) is 68.5 Å². The molecule has 0 aliphatic heterocycles. The van der Waals surface area contributed by atoms with Gasteiger partial charge in [-0.2, -0.15) is 13.2 Å². The summed E-state index contributed by atoms with van der Waals surface area (Å²) in [5.41, 5.74) is 3.34. The Morgan fingerprint density at radius 2 is 1.61 bits per heavy atom. The Labute approximate surface area is 218 Å². The van der Waals surface area contributed by atoms with Crippen molar-refractivity contribution in [2.75, 3.05) is 5.32 Å². The minimum atomic E-state index is -4.49. The van der Waals surface area contributed by atoms with E-state index in [0.717, 1.165) is 28.3 Å². The Morgan fingerprint density at radius 1 is 0.868 bits per heavy atom. The molecule has 1 unspecified atom stereocenters. The normalized spacial score (nSPS) is 12.7. The molecule has 0 aliphatic carbocycles. The van der Waals surface area contributed by atoms with Gasteiger partial charge in [-0.1, -0.05) is 62.4 Å². The van der Waals surface area contributed by atoms with Crippen molar-refractivity contribution in [3.05, 3.63) is 89.9 Å². The number of imidazole rings is 1. The lowest BCUT2D eigenvalue weighted by Gasteiger charge is -2.18. The Bertz CT molecular complexity index is 1590. The lowest BCUT2D eigenvalue weighted by molar-refractivity contribution is -0.140. The number of hydrogen-bond acceptors (Lipinski definition) is 5. The lowest BCUT2D eigenvalue weighted by Crippen LogP contribution is -2.10. The maximum Gasteiger partial charge on any atom is 0.434 e. The third-order valence-corrected chi connectivity index (χ3v) is 6.48. The van der Waals surface area contributed by atoms with Gasteiger partial charge in [-0.15, -0.1) is 0 Å². The molecule has 2 aromatic carbocycles. The molecule has 0 aliphatic rings. The minimum Gasteiger partial charge on any atom is -0.363 e. The maximum absolute atomic E-state index is 13.1. The predicted octanol–water partition coefficient (Wildman–Crippen LogP) is 7.41. The summed E-state index contributed by atoms with van der Waals surface area (Å²) < 4.78 is 40.6. The largest absolute Gasteiger partial charge is 0.434 e. The molecule has 0 radical (unpaired) electrons. The number of halogens is 3. The van der Waals surface area contributed by atoms with E-state index in [2.05, 4.69) is 35.2 Å². The van der Waals surface area contributed by atoms with Gasteiger partial charge in [0, 0.05) is 36.6 Å². The molecule has 3 aromatic heterocycles. The third kappa shape index (κ3) is 4.96. The van der Waals surface area contributed by atoms with Crippen LogP contribution in [0.5, 0.6) is 0 Å². The van der Waals surface area contributed by atoms with Gasteiger partial charge in [-0.3, -0.25) is 0 Å². The fourth-order valence-corrected chi connectivity index (χ4v) is 4.48. The van der Waals surface area contributed by atoms with E-state index < -0.39 is 11.9 Å². The first kappa shape index (κ1) is 25.4. The smallest absolute Gasteiger partial charge is 0.363 e. The number of anilines is 1. The van der Waals surface area contributed by atoms with E-state index in [-0.39, 0.29) is 11.9 Å². The molecular weight excluding hydrogens is 489 g/mol. The number of rotatable bonds is 6. The molecule has 5 rings (SSSR count). The molecule has 1 N–H and O–H groups in total. The molecule has 194 valence electrons. The summed E-state index contributed by atoms with van der Waals surface area (Å²) >= 11 is 0. The number of nitrogens with one attached hydrogen (secondary N) is 1. The van der Waals surface area contributed by atoms with Crippen LogP contribution in [0.1, 0.15) is 49.6 Å². The van der Waals surface area contributed by atoms with E-state index in [0.29, 0.717) is 28.8 Å². The number of nitrogens with zero attached hydrogens (tertiary/aromatic N) is 5. The molecule has 6 nitrogen and oxygen atoms in total. The molecule has 0 bridgehead atoms. The number of aryl methyl sites for hydroxylation is 1. The number of aromatic nitrogens is 5. The second kappa shape index (κ2) is 9.89.